The molecule has 0 fully saturated rings. The number of oxime groups is 1. The van der Waals surface area contributed by atoms with E-state index < -0.39 is 0 Å². The number of hydrogen-bond acceptors (Lipinski definition) is 4. The van der Waals surface area contributed by atoms with Crippen LogP contribution in [-0.2, 0) is 11.4 Å². The Morgan fingerprint density at radius 2 is 1.92 bits per heavy atom. The molecule has 0 aromatic heterocycles. The Balaban J connectivity index is 1.61. The highest BCUT2D eigenvalue weighted by Crippen LogP contribution is 2.20. The van der Waals surface area contributed by atoms with E-state index in [1.807, 2.05) is 49.4 Å². The van der Waals surface area contributed by atoms with E-state index in [9.17, 15) is 5.11 Å². The lowest BCUT2D eigenvalue weighted by atomic mass is 10.0. The van der Waals surface area contributed by atoms with E-state index in [0.717, 1.165) is 37.2 Å². The molecule has 2 aromatic rings. The molecule has 0 aliphatic carbocycles. The van der Waals surface area contributed by atoms with Crippen molar-refractivity contribution >= 4 is 17.3 Å². The molecule has 0 amide bonds. The van der Waals surface area contributed by atoms with Gasteiger partial charge in [-0.25, -0.2) is 0 Å². The molecule has 2 aromatic carbocycles. The standard InChI is InChI=1S/C21H25ClN2O2/c1-2-19(25)14-24(13-16-6-4-3-5-7-16)15-20-12-21(23-26-20)17-8-10-18(22)11-9-17/h3-11,19-20,25H,2,12-15H2,1H3/t19-,20-/m0/s1. The van der Waals surface area contributed by atoms with Crippen LogP contribution in [0.15, 0.2) is 59.8 Å². The summed E-state index contributed by atoms with van der Waals surface area (Å²) in [7, 11) is 0. The lowest BCUT2D eigenvalue weighted by Gasteiger charge is -2.26. The Hall–Kier alpha value is -1.88. The van der Waals surface area contributed by atoms with E-state index in [0.29, 0.717) is 11.6 Å². The highest BCUT2D eigenvalue weighted by molar-refractivity contribution is 6.30. The molecule has 0 unspecified atom stereocenters. The summed E-state index contributed by atoms with van der Waals surface area (Å²) in [5.41, 5.74) is 3.22. The van der Waals surface area contributed by atoms with Crippen molar-refractivity contribution in [2.75, 3.05) is 13.1 Å². The third-order valence-corrected chi connectivity index (χ3v) is 4.81. The zero-order chi connectivity index (χ0) is 18.4. The van der Waals surface area contributed by atoms with Crippen molar-refractivity contribution in [3.63, 3.8) is 0 Å². The summed E-state index contributed by atoms with van der Waals surface area (Å²) in [5, 5.41) is 15.1. The second kappa shape index (κ2) is 9.17. The number of nitrogens with zero attached hydrogens (tertiary/aromatic N) is 2. The number of benzene rings is 2. The smallest absolute Gasteiger partial charge is 0.145 e. The minimum absolute atomic E-state index is 0.00607. The van der Waals surface area contributed by atoms with Crippen LogP contribution in [0.25, 0.3) is 0 Å². The van der Waals surface area contributed by atoms with Crippen LogP contribution in [-0.4, -0.2) is 41.0 Å². The molecule has 1 aliphatic heterocycles. The maximum Gasteiger partial charge on any atom is 0.145 e. The largest absolute Gasteiger partial charge is 0.392 e. The molecule has 1 heterocycles. The monoisotopic (exact) mass is 372 g/mol. The highest BCUT2D eigenvalue weighted by atomic mass is 35.5. The average Bonchev–Trinajstić information content (AvgIpc) is 3.11. The van der Waals surface area contributed by atoms with Gasteiger partial charge in [0.1, 0.15) is 6.10 Å². The Kier molecular flexibility index (Phi) is 6.67. The van der Waals surface area contributed by atoms with Gasteiger partial charge in [-0.1, -0.05) is 66.1 Å². The fourth-order valence-corrected chi connectivity index (χ4v) is 3.23. The van der Waals surface area contributed by atoms with Gasteiger partial charge in [0.2, 0.25) is 0 Å². The lowest BCUT2D eigenvalue weighted by molar-refractivity contribution is 0.0315. The van der Waals surface area contributed by atoms with Crippen LogP contribution in [0.4, 0.5) is 0 Å². The molecule has 1 N–H and O–H groups in total. The van der Waals surface area contributed by atoms with E-state index in [-0.39, 0.29) is 12.2 Å². The first-order chi connectivity index (χ1) is 12.6. The molecule has 0 saturated heterocycles. The number of halogens is 1. The summed E-state index contributed by atoms with van der Waals surface area (Å²) in [6.07, 6.45) is 1.16. The van der Waals surface area contributed by atoms with E-state index in [1.165, 1.54) is 5.56 Å². The van der Waals surface area contributed by atoms with E-state index >= 15 is 0 Å². The predicted molar refractivity (Wildman–Crippen MR) is 105 cm³/mol. The Bertz CT molecular complexity index is 719. The van der Waals surface area contributed by atoms with Crippen molar-refractivity contribution in [1.82, 2.24) is 4.90 Å². The quantitative estimate of drug-likeness (QED) is 0.758. The lowest BCUT2D eigenvalue weighted by Crippen LogP contribution is -2.37. The van der Waals surface area contributed by atoms with Gasteiger partial charge >= 0.3 is 0 Å². The van der Waals surface area contributed by atoms with E-state index in [4.69, 9.17) is 16.4 Å². The average molecular weight is 373 g/mol. The molecule has 2 atom stereocenters. The van der Waals surface area contributed by atoms with Gasteiger partial charge in [-0.3, -0.25) is 4.90 Å². The van der Waals surface area contributed by atoms with Crippen molar-refractivity contribution in [2.45, 2.75) is 38.5 Å². The molecule has 26 heavy (non-hydrogen) atoms. The van der Waals surface area contributed by atoms with Crippen LogP contribution >= 0.6 is 11.6 Å². The molecule has 0 bridgehead atoms. The van der Waals surface area contributed by atoms with Gasteiger partial charge in [-0.05, 0) is 29.7 Å². The van der Waals surface area contributed by atoms with Crippen molar-refractivity contribution in [2.24, 2.45) is 5.16 Å². The molecule has 0 saturated carbocycles. The van der Waals surface area contributed by atoms with Gasteiger partial charge < -0.3 is 9.94 Å². The van der Waals surface area contributed by atoms with Crippen LogP contribution in [0.3, 0.4) is 0 Å². The second-order valence-electron chi connectivity index (χ2n) is 6.72. The topological polar surface area (TPSA) is 45.1 Å². The maximum atomic E-state index is 10.1. The summed E-state index contributed by atoms with van der Waals surface area (Å²) >= 11 is 5.95. The number of rotatable bonds is 8. The molecule has 3 rings (SSSR count). The van der Waals surface area contributed by atoms with Crippen LogP contribution in [0, 0.1) is 0 Å². The minimum atomic E-state index is -0.336. The molecule has 0 spiro atoms. The fraction of sp³-hybridized carbons (Fsp3) is 0.381. The van der Waals surface area contributed by atoms with Crippen LogP contribution in [0.1, 0.15) is 30.9 Å². The summed E-state index contributed by atoms with van der Waals surface area (Å²) < 4.78 is 0. The van der Waals surface area contributed by atoms with Gasteiger partial charge in [-0.2, -0.15) is 0 Å². The second-order valence-corrected chi connectivity index (χ2v) is 7.15. The molecule has 0 radical (unpaired) electrons. The normalized spacial score (nSPS) is 17.8. The number of aliphatic hydroxyl groups is 1. The van der Waals surface area contributed by atoms with E-state index in [2.05, 4.69) is 22.2 Å². The Morgan fingerprint density at radius 1 is 1.19 bits per heavy atom. The summed E-state index contributed by atoms with van der Waals surface area (Å²) in [5.74, 6) is 0. The van der Waals surface area contributed by atoms with E-state index in [1.54, 1.807) is 0 Å². The number of aliphatic hydroxyl groups excluding tert-OH is 1. The van der Waals surface area contributed by atoms with Crippen LogP contribution < -0.4 is 0 Å². The van der Waals surface area contributed by atoms with Crippen LogP contribution in [0.2, 0.25) is 5.02 Å². The number of hydrogen-bond donors (Lipinski definition) is 1. The Labute approximate surface area is 160 Å². The van der Waals surface area contributed by atoms with Gasteiger partial charge in [0, 0.05) is 31.1 Å². The highest BCUT2D eigenvalue weighted by Gasteiger charge is 2.25. The molecule has 138 valence electrons. The SMILES string of the molecule is CC[C@H](O)CN(Cc1ccccc1)C[C@@H]1CC(c2ccc(Cl)cc2)=NO1. The third-order valence-electron chi connectivity index (χ3n) is 4.56. The summed E-state index contributed by atoms with van der Waals surface area (Å²) in [6, 6.07) is 18.0. The van der Waals surface area contributed by atoms with Crippen molar-refractivity contribution in [1.29, 1.82) is 0 Å². The fourth-order valence-electron chi connectivity index (χ4n) is 3.10. The third kappa shape index (κ3) is 5.31. The molecule has 5 heteroatoms. The Morgan fingerprint density at radius 3 is 2.62 bits per heavy atom. The van der Waals surface area contributed by atoms with Gasteiger partial charge in [0.25, 0.3) is 0 Å². The van der Waals surface area contributed by atoms with Crippen molar-refractivity contribution in [3.05, 3.63) is 70.7 Å². The minimum Gasteiger partial charge on any atom is -0.392 e. The first-order valence-electron chi connectivity index (χ1n) is 9.07. The van der Waals surface area contributed by atoms with Gasteiger partial charge in [0.05, 0.1) is 11.8 Å². The molecule has 4 nitrogen and oxygen atoms in total. The van der Waals surface area contributed by atoms with Gasteiger partial charge in [-0.15, -0.1) is 0 Å². The molecular weight excluding hydrogens is 348 g/mol. The zero-order valence-electron chi connectivity index (χ0n) is 15.0. The zero-order valence-corrected chi connectivity index (χ0v) is 15.8. The molecular formula is C21H25ClN2O2. The van der Waals surface area contributed by atoms with Crippen molar-refractivity contribution < 1.29 is 9.94 Å². The predicted octanol–water partition coefficient (Wildman–Crippen LogP) is 4.11. The first-order valence-corrected chi connectivity index (χ1v) is 9.44. The summed E-state index contributed by atoms with van der Waals surface area (Å²) in [6.45, 7) is 4.14. The van der Waals surface area contributed by atoms with Gasteiger partial charge in [0.15, 0.2) is 0 Å². The summed E-state index contributed by atoms with van der Waals surface area (Å²) in [4.78, 5) is 7.91. The molecule has 1 aliphatic rings. The first kappa shape index (κ1) is 18.9. The van der Waals surface area contributed by atoms with Crippen LogP contribution in [0.5, 0.6) is 0 Å². The maximum absolute atomic E-state index is 10.1. The van der Waals surface area contributed by atoms with Crippen molar-refractivity contribution in [3.8, 4) is 0 Å².